The van der Waals surface area contributed by atoms with Crippen LogP contribution < -0.4 is 10.1 Å². The fraction of sp³-hybridized carbons (Fsp3) is 0.240. The van der Waals surface area contributed by atoms with Crippen molar-refractivity contribution in [3.63, 3.8) is 0 Å². The minimum atomic E-state index is -0.143. The minimum absolute atomic E-state index is 0.00366. The van der Waals surface area contributed by atoms with Crippen molar-refractivity contribution in [1.29, 1.82) is 0 Å². The van der Waals surface area contributed by atoms with Gasteiger partial charge < -0.3 is 14.8 Å². The average molecular weight is 389 g/mol. The molecule has 4 heteroatoms. The first-order valence-electron chi connectivity index (χ1n) is 9.92. The first-order chi connectivity index (χ1) is 14.3. The Kier molecular flexibility index (Phi) is 7.84. The van der Waals surface area contributed by atoms with Crippen molar-refractivity contribution in [1.82, 2.24) is 5.32 Å². The van der Waals surface area contributed by atoms with Crippen LogP contribution in [0.5, 0.6) is 5.75 Å². The molecule has 0 saturated carbocycles. The van der Waals surface area contributed by atoms with Crippen molar-refractivity contribution >= 4 is 5.91 Å². The van der Waals surface area contributed by atoms with Gasteiger partial charge in [-0.15, -0.1) is 0 Å². The molecule has 0 spiro atoms. The van der Waals surface area contributed by atoms with Crippen molar-refractivity contribution in [3.05, 3.63) is 101 Å². The molecule has 0 unspecified atom stereocenters. The van der Waals surface area contributed by atoms with E-state index in [1.165, 1.54) is 0 Å². The Hall–Kier alpha value is -3.11. The molecule has 0 atom stereocenters. The SMILES string of the molecule is CCc1ccccc1OCC(=O)NCc1ccccc1COCc1ccccc1. The van der Waals surface area contributed by atoms with Gasteiger partial charge in [0.2, 0.25) is 0 Å². The summed E-state index contributed by atoms with van der Waals surface area (Å²) in [5.74, 6) is 0.621. The number of benzene rings is 3. The topological polar surface area (TPSA) is 47.6 Å². The number of aryl methyl sites for hydroxylation is 1. The molecule has 3 rings (SSSR count). The largest absolute Gasteiger partial charge is 0.483 e. The lowest BCUT2D eigenvalue weighted by Crippen LogP contribution is -2.29. The highest BCUT2D eigenvalue weighted by Gasteiger charge is 2.08. The molecule has 29 heavy (non-hydrogen) atoms. The first-order valence-corrected chi connectivity index (χ1v) is 9.92. The van der Waals surface area contributed by atoms with Gasteiger partial charge in [0.25, 0.3) is 5.91 Å². The fourth-order valence-electron chi connectivity index (χ4n) is 3.05. The molecule has 0 saturated heterocycles. The van der Waals surface area contributed by atoms with Gasteiger partial charge in [-0.05, 0) is 34.7 Å². The van der Waals surface area contributed by atoms with Crippen LogP contribution in [0.1, 0.15) is 29.2 Å². The van der Waals surface area contributed by atoms with Crippen LogP contribution >= 0.6 is 0 Å². The molecule has 4 nitrogen and oxygen atoms in total. The predicted octanol–water partition coefficient (Wildman–Crippen LogP) is 4.66. The maximum atomic E-state index is 12.2. The molecule has 1 N–H and O–H groups in total. The summed E-state index contributed by atoms with van der Waals surface area (Å²) in [6, 6.07) is 25.9. The van der Waals surface area contributed by atoms with Crippen LogP contribution in [0.3, 0.4) is 0 Å². The number of nitrogens with one attached hydrogen (secondary N) is 1. The van der Waals surface area contributed by atoms with Crippen molar-refractivity contribution in [2.45, 2.75) is 33.1 Å². The number of carbonyl (C=O) groups is 1. The molecule has 0 aliphatic heterocycles. The van der Waals surface area contributed by atoms with Crippen LogP contribution in [0, 0.1) is 0 Å². The molecule has 1 amide bonds. The quantitative estimate of drug-likeness (QED) is 0.549. The molecule has 3 aromatic rings. The normalized spacial score (nSPS) is 10.5. The summed E-state index contributed by atoms with van der Waals surface area (Å²) in [5, 5.41) is 2.94. The highest BCUT2D eigenvalue weighted by molar-refractivity contribution is 5.77. The van der Waals surface area contributed by atoms with E-state index in [4.69, 9.17) is 9.47 Å². The zero-order valence-electron chi connectivity index (χ0n) is 16.8. The molecule has 0 aliphatic rings. The van der Waals surface area contributed by atoms with Crippen LogP contribution in [-0.2, 0) is 35.7 Å². The Morgan fingerprint density at radius 1 is 0.793 bits per heavy atom. The van der Waals surface area contributed by atoms with Gasteiger partial charge in [0, 0.05) is 6.54 Å². The van der Waals surface area contributed by atoms with Crippen LogP contribution in [0.2, 0.25) is 0 Å². The van der Waals surface area contributed by atoms with E-state index >= 15 is 0 Å². The molecule has 0 heterocycles. The monoisotopic (exact) mass is 389 g/mol. The Balaban J connectivity index is 1.48. The summed E-state index contributed by atoms with van der Waals surface area (Å²) < 4.78 is 11.5. The van der Waals surface area contributed by atoms with Crippen molar-refractivity contribution in [2.75, 3.05) is 6.61 Å². The summed E-state index contributed by atoms with van der Waals surface area (Å²) in [6.45, 7) is 3.58. The van der Waals surface area contributed by atoms with Gasteiger partial charge in [-0.3, -0.25) is 4.79 Å². The van der Waals surface area contributed by atoms with E-state index in [0.717, 1.165) is 34.4 Å². The minimum Gasteiger partial charge on any atom is -0.483 e. The number of amides is 1. The molecule has 0 bridgehead atoms. The van der Waals surface area contributed by atoms with E-state index in [-0.39, 0.29) is 12.5 Å². The Morgan fingerprint density at radius 3 is 2.21 bits per heavy atom. The third-order valence-corrected chi connectivity index (χ3v) is 4.68. The van der Waals surface area contributed by atoms with Crippen molar-refractivity contribution < 1.29 is 14.3 Å². The number of rotatable bonds is 10. The van der Waals surface area contributed by atoms with Crippen molar-refractivity contribution in [2.24, 2.45) is 0 Å². The zero-order valence-corrected chi connectivity index (χ0v) is 16.8. The summed E-state index contributed by atoms with van der Waals surface area (Å²) in [4.78, 5) is 12.2. The molecule has 150 valence electrons. The van der Waals surface area contributed by atoms with Gasteiger partial charge in [0.05, 0.1) is 13.2 Å². The Labute approximate surface area is 172 Å². The second kappa shape index (κ2) is 11.0. The number of para-hydroxylation sites is 1. The standard InChI is InChI=1S/C25H27NO3/c1-2-21-12-8-9-15-24(21)29-19-25(27)26-16-22-13-6-7-14-23(22)18-28-17-20-10-4-3-5-11-20/h3-15H,2,16-19H2,1H3,(H,26,27). The van der Waals surface area contributed by atoms with Crippen LogP contribution in [0.15, 0.2) is 78.9 Å². The van der Waals surface area contributed by atoms with E-state index in [1.54, 1.807) is 0 Å². The number of hydrogen-bond acceptors (Lipinski definition) is 3. The summed E-state index contributed by atoms with van der Waals surface area (Å²) in [5.41, 5.74) is 4.35. The smallest absolute Gasteiger partial charge is 0.258 e. The molecular weight excluding hydrogens is 362 g/mol. The molecule has 0 aliphatic carbocycles. The van der Waals surface area contributed by atoms with Crippen LogP contribution in [0.4, 0.5) is 0 Å². The van der Waals surface area contributed by atoms with Gasteiger partial charge in [0.15, 0.2) is 6.61 Å². The van der Waals surface area contributed by atoms with E-state index in [2.05, 4.69) is 12.2 Å². The highest BCUT2D eigenvalue weighted by atomic mass is 16.5. The van der Waals surface area contributed by atoms with E-state index in [1.807, 2.05) is 78.9 Å². The van der Waals surface area contributed by atoms with Gasteiger partial charge in [-0.25, -0.2) is 0 Å². The van der Waals surface area contributed by atoms with Gasteiger partial charge in [0.1, 0.15) is 5.75 Å². The lowest BCUT2D eigenvalue weighted by molar-refractivity contribution is -0.123. The molecule has 0 radical (unpaired) electrons. The molecule has 0 aromatic heterocycles. The number of hydrogen-bond donors (Lipinski definition) is 1. The summed E-state index contributed by atoms with van der Waals surface area (Å²) in [7, 11) is 0. The second-order valence-corrected chi connectivity index (χ2v) is 6.77. The maximum absolute atomic E-state index is 12.2. The molecule has 0 fully saturated rings. The Bertz CT molecular complexity index is 909. The lowest BCUT2D eigenvalue weighted by Gasteiger charge is -2.13. The molecular formula is C25H27NO3. The fourth-order valence-corrected chi connectivity index (χ4v) is 3.05. The first kappa shape index (κ1) is 20.6. The average Bonchev–Trinajstić information content (AvgIpc) is 2.78. The van der Waals surface area contributed by atoms with E-state index < -0.39 is 0 Å². The third-order valence-electron chi connectivity index (χ3n) is 4.68. The number of carbonyl (C=O) groups excluding carboxylic acids is 1. The van der Waals surface area contributed by atoms with E-state index in [0.29, 0.717) is 19.8 Å². The van der Waals surface area contributed by atoms with Crippen LogP contribution in [0.25, 0.3) is 0 Å². The van der Waals surface area contributed by atoms with Gasteiger partial charge in [-0.2, -0.15) is 0 Å². The highest BCUT2D eigenvalue weighted by Crippen LogP contribution is 2.18. The van der Waals surface area contributed by atoms with E-state index in [9.17, 15) is 4.79 Å². The third kappa shape index (κ3) is 6.47. The van der Waals surface area contributed by atoms with Gasteiger partial charge in [-0.1, -0.05) is 79.7 Å². The second-order valence-electron chi connectivity index (χ2n) is 6.77. The van der Waals surface area contributed by atoms with Gasteiger partial charge >= 0.3 is 0 Å². The summed E-state index contributed by atoms with van der Waals surface area (Å²) >= 11 is 0. The zero-order chi connectivity index (χ0) is 20.3. The summed E-state index contributed by atoms with van der Waals surface area (Å²) in [6.07, 6.45) is 0.869. The number of ether oxygens (including phenoxy) is 2. The Morgan fingerprint density at radius 2 is 1.45 bits per heavy atom. The van der Waals surface area contributed by atoms with Crippen molar-refractivity contribution in [3.8, 4) is 5.75 Å². The van der Waals surface area contributed by atoms with Crippen LogP contribution in [-0.4, -0.2) is 12.5 Å². The molecule has 3 aromatic carbocycles. The lowest BCUT2D eigenvalue weighted by atomic mass is 10.1. The maximum Gasteiger partial charge on any atom is 0.258 e. The predicted molar refractivity (Wildman–Crippen MR) is 115 cm³/mol.